The zero-order valence-corrected chi connectivity index (χ0v) is 13.8. The van der Waals surface area contributed by atoms with Crippen molar-refractivity contribution in [3.63, 3.8) is 0 Å². The predicted molar refractivity (Wildman–Crippen MR) is 90.1 cm³/mol. The van der Waals surface area contributed by atoms with Gasteiger partial charge in [-0.25, -0.2) is 4.99 Å². The van der Waals surface area contributed by atoms with Crippen LogP contribution < -0.4 is 10.6 Å². The molecule has 0 bridgehead atoms. The Morgan fingerprint density at radius 1 is 1.27 bits per heavy atom. The minimum absolute atomic E-state index is 0.241. The van der Waals surface area contributed by atoms with Crippen LogP contribution in [0.2, 0.25) is 0 Å². The normalized spacial score (nSPS) is 12.6. The maximum absolute atomic E-state index is 5.78. The molecule has 5 heteroatoms. The summed E-state index contributed by atoms with van der Waals surface area (Å²) in [5.74, 6) is 1.61. The molecule has 1 heterocycles. The first-order valence-corrected chi connectivity index (χ1v) is 7.59. The summed E-state index contributed by atoms with van der Waals surface area (Å²) in [6, 6.07) is 10.0. The standard InChI is InChI=1S/C17H25N3O2/c1-5-18-16(20-12-17(2,3)21-4)19-11-14-10-13-8-6-7-9-15(13)22-14/h6-10H,5,11-12H2,1-4H3,(H2,18,19,20). The number of hydrogen-bond donors (Lipinski definition) is 2. The minimum atomic E-state index is -0.241. The fourth-order valence-corrected chi connectivity index (χ4v) is 1.98. The van der Waals surface area contributed by atoms with E-state index in [4.69, 9.17) is 9.15 Å². The number of fused-ring (bicyclic) bond motifs is 1. The molecule has 2 aromatic rings. The summed E-state index contributed by atoms with van der Waals surface area (Å²) < 4.78 is 11.2. The van der Waals surface area contributed by atoms with E-state index < -0.39 is 0 Å². The number of hydrogen-bond acceptors (Lipinski definition) is 3. The highest BCUT2D eigenvalue weighted by Gasteiger charge is 2.16. The average molecular weight is 303 g/mol. The van der Waals surface area contributed by atoms with Gasteiger partial charge in [0.15, 0.2) is 5.96 Å². The number of methoxy groups -OCH3 is 1. The van der Waals surface area contributed by atoms with Gasteiger partial charge in [-0.1, -0.05) is 18.2 Å². The number of para-hydroxylation sites is 1. The molecule has 0 aliphatic rings. The summed E-state index contributed by atoms with van der Waals surface area (Å²) in [7, 11) is 1.71. The highest BCUT2D eigenvalue weighted by Crippen LogP contribution is 2.19. The number of guanidine groups is 1. The van der Waals surface area contributed by atoms with Crippen molar-refractivity contribution in [1.29, 1.82) is 0 Å². The molecule has 0 amide bonds. The molecule has 0 atom stereocenters. The van der Waals surface area contributed by atoms with Gasteiger partial charge in [0.1, 0.15) is 17.9 Å². The molecule has 22 heavy (non-hydrogen) atoms. The summed E-state index contributed by atoms with van der Waals surface area (Å²) >= 11 is 0. The Labute approximate surface area is 131 Å². The number of benzene rings is 1. The third-order valence-electron chi connectivity index (χ3n) is 3.45. The fourth-order valence-electron chi connectivity index (χ4n) is 1.98. The van der Waals surface area contributed by atoms with Crippen LogP contribution in [0, 0.1) is 0 Å². The lowest BCUT2D eigenvalue weighted by atomic mass is 10.1. The number of aliphatic imine (C=N–C) groups is 1. The van der Waals surface area contributed by atoms with Gasteiger partial charge in [-0.2, -0.15) is 0 Å². The second-order valence-corrected chi connectivity index (χ2v) is 5.76. The van der Waals surface area contributed by atoms with E-state index in [0.717, 1.165) is 29.2 Å². The molecule has 0 aliphatic carbocycles. The number of nitrogens with one attached hydrogen (secondary N) is 2. The molecule has 2 N–H and O–H groups in total. The van der Waals surface area contributed by atoms with E-state index in [0.29, 0.717) is 13.1 Å². The van der Waals surface area contributed by atoms with E-state index in [-0.39, 0.29) is 5.60 Å². The summed E-state index contributed by atoms with van der Waals surface area (Å²) in [6.07, 6.45) is 0. The molecule has 0 saturated carbocycles. The fraction of sp³-hybridized carbons (Fsp3) is 0.471. The number of nitrogens with zero attached hydrogens (tertiary/aromatic N) is 1. The van der Waals surface area contributed by atoms with Crippen LogP contribution in [-0.4, -0.2) is 31.8 Å². The van der Waals surface area contributed by atoms with E-state index in [1.807, 2.05) is 51.1 Å². The molecule has 0 unspecified atom stereocenters. The van der Waals surface area contributed by atoms with E-state index in [1.165, 1.54) is 0 Å². The van der Waals surface area contributed by atoms with Crippen molar-refractivity contribution in [3.05, 3.63) is 36.1 Å². The summed E-state index contributed by atoms with van der Waals surface area (Å²) in [4.78, 5) is 4.56. The second-order valence-electron chi connectivity index (χ2n) is 5.76. The Bertz CT molecular complexity index is 599. The predicted octanol–water partition coefficient (Wildman–Crippen LogP) is 2.91. The molecule has 5 nitrogen and oxygen atoms in total. The van der Waals surface area contributed by atoms with Gasteiger partial charge >= 0.3 is 0 Å². The lowest BCUT2D eigenvalue weighted by Crippen LogP contribution is -2.45. The molecule has 2 rings (SSSR count). The second kappa shape index (κ2) is 7.31. The lowest BCUT2D eigenvalue weighted by Gasteiger charge is -2.24. The number of ether oxygens (including phenoxy) is 1. The van der Waals surface area contributed by atoms with Crippen molar-refractivity contribution in [2.75, 3.05) is 20.2 Å². The smallest absolute Gasteiger partial charge is 0.191 e. The molecule has 0 spiro atoms. The summed E-state index contributed by atoms with van der Waals surface area (Å²) in [5.41, 5.74) is 0.654. The Hall–Kier alpha value is -2.01. The maximum atomic E-state index is 5.78. The minimum Gasteiger partial charge on any atom is -0.459 e. The first kappa shape index (κ1) is 16.4. The van der Waals surface area contributed by atoms with Crippen molar-refractivity contribution in [3.8, 4) is 0 Å². The van der Waals surface area contributed by atoms with Crippen molar-refractivity contribution < 1.29 is 9.15 Å². The number of furan rings is 1. The van der Waals surface area contributed by atoms with E-state index >= 15 is 0 Å². The summed E-state index contributed by atoms with van der Waals surface area (Å²) in [6.45, 7) is 8.08. The van der Waals surface area contributed by atoms with Crippen molar-refractivity contribution >= 4 is 16.9 Å². The van der Waals surface area contributed by atoms with E-state index in [1.54, 1.807) is 7.11 Å². The Kier molecular flexibility index (Phi) is 5.44. The third-order valence-corrected chi connectivity index (χ3v) is 3.45. The number of rotatable bonds is 6. The van der Waals surface area contributed by atoms with Crippen LogP contribution in [-0.2, 0) is 11.3 Å². The molecule has 0 fully saturated rings. The Morgan fingerprint density at radius 3 is 2.73 bits per heavy atom. The van der Waals surface area contributed by atoms with Crippen LogP contribution in [0.1, 0.15) is 26.5 Å². The Balaban J connectivity index is 2.02. The topological polar surface area (TPSA) is 58.8 Å². The highest BCUT2D eigenvalue weighted by atomic mass is 16.5. The van der Waals surface area contributed by atoms with E-state index in [9.17, 15) is 0 Å². The van der Waals surface area contributed by atoms with Crippen LogP contribution in [0.15, 0.2) is 39.7 Å². The van der Waals surface area contributed by atoms with Gasteiger partial charge < -0.3 is 19.8 Å². The zero-order chi connectivity index (χ0) is 16.0. The van der Waals surface area contributed by atoms with Gasteiger partial charge in [0.25, 0.3) is 0 Å². The van der Waals surface area contributed by atoms with Gasteiger partial charge in [-0.15, -0.1) is 0 Å². The SMILES string of the molecule is CCNC(=NCc1cc2ccccc2o1)NCC(C)(C)OC. The first-order valence-electron chi connectivity index (χ1n) is 7.59. The van der Waals surface area contributed by atoms with Gasteiger partial charge in [0, 0.05) is 25.6 Å². The molecule has 120 valence electrons. The maximum Gasteiger partial charge on any atom is 0.191 e. The van der Waals surface area contributed by atoms with Crippen LogP contribution in [0.4, 0.5) is 0 Å². The van der Waals surface area contributed by atoms with Gasteiger partial charge in [-0.3, -0.25) is 0 Å². The van der Waals surface area contributed by atoms with Crippen LogP contribution >= 0.6 is 0 Å². The quantitative estimate of drug-likeness (QED) is 0.636. The zero-order valence-electron chi connectivity index (χ0n) is 13.8. The van der Waals surface area contributed by atoms with Crippen molar-refractivity contribution in [2.45, 2.75) is 32.9 Å². The largest absolute Gasteiger partial charge is 0.459 e. The molecule has 1 aromatic carbocycles. The average Bonchev–Trinajstić information content (AvgIpc) is 2.93. The van der Waals surface area contributed by atoms with Gasteiger partial charge in [0.05, 0.1) is 5.60 Å². The molecule has 0 aliphatic heterocycles. The van der Waals surface area contributed by atoms with Crippen LogP contribution in [0.25, 0.3) is 11.0 Å². The van der Waals surface area contributed by atoms with Gasteiger partial charge in [0.2, 0.25) is 0 Å². The highest BCUT2D eigenvalue weighted by molar-refractivity contribution is 5.80. The molecule has 1 aromatic heterocycles. The Morgan fingerprint density at radius 2 is 2.05 bits per heavy atom. The molecular formula is C17H25N3O2. The third kappa shape index (κ3) is 4.49. The van der Waals surface area contributed by atoms with Gasteiger partial charge in [-0.05, 0) is 32.9 Å². The molecule has 0 saturated heterocycles. The lowest BCUT2D eigenvalue weighted by molar-refractivity contribution is 0.0268. The van der Waals surface area contributed by atoms with Crippen LogP contribution in [0.3, 0.4) is 0 Å². The monoisotopic (exact) mass is 303 g/mol. The van der Waals surface area contributed by atoms with Crippen LogP contribution in [0.5, 0.6) is 0 Å². The van der Waals surface area contributed by atoms with Crippen molar-refractivity contribution in [2.24, 2.45) is 4.99 Å². The molecular weight excluding hydrogens is 278 g/mol. The van der Waals surface area contributed by atoms with Crippen molar-refractivity contribution in [1.82, 2.24) is 10.6 Å². The van der Waals surface area contributed by atoms with E-state index in [2.05, 4.69) is 15.6 Å². The molecule has 0 radical (unpaired) electrons. The first-order chi connectivity index (χ1) is 10.5. The summed E-state index contributed by atoms with van der Waals surface area (Å²) in [5, 5.41) is 7.62.